The molecule has 0 spiro atoms. The van der Waals surface area contributed by atoms with Gasteiger partial charge in [0.2, 0.25) is 5.91 Å². The molecule has 0 bridgehead atoms. The molecule has 0 saturated heterocycles. The van der Waals surface area contributed by atoms with Crippen molar-refractivity contribution in [3.8, 4) is 0 Å². The smallest absolute Gasteiger partial charge is 0.226 e. The lowest BCUT2D eigenvalue weighted by molar-refractivity contribution is -0.120. The first-order chi connectivity index (χ1) is 6.02. The molecule has 72 valence electrons. The number of nitrogens with one attached hydrogen (secondary N) is 2. The van der Waals surface area contributed by atoms with Gasteiger partial charge < -0.3 is 16.5 Å². The fraction of sp³-hybridized carbons (Fsp3) is 0.556. The minimum Gasteiger partial charge on any atom is -0.401 e. The van der Waals surface area contributed by atoms with Crippen LogP contribution in [0.4, 0.5) is 0 Å². The molecule has 1 rings (SSSR count). The number of rotatable bonds is 2. The molecule has 1 aliphatic rings. The van der Waals surface area contributed by atoms with Crippen molar-refractivity contribution in [2.75, 3.05) is 6.54 Å². The van der Waals surface area contributed by atoms with E-state index >= 15 is 0 Å². The minimum absolute atomic E-state index is 0.0576. The largest absolute Gasteiger partial charge is 0.401 e. The van der Waals surface area contributed by atoms with E-state index in [-0.39, 0.29) is 18.2 Å². The van der Waals surface area contributed by atoms with Crippen molar-refractivity contribution < 1.29 is 4.79 Å². The summed E-state index contributed by atoms with van der Waals surface area (Å²) in [5, 5.41) is 10.4. The summed E-state index contributed by atoms with van der Waals surface area (Å²) in [5.74, 6) is 0.0985. The SMILES string of the molecule is CC(C)C(=N)C1=C(N)CC(=O)NC1. The molecule has 0 fully saturated rings. The number of nitrogens with two attached hydrogens (primary N) is 1. The normalized spacial score (nSPS) is 17.6. The molecule has 13 heavy (non-hydrogen) atoms. The molecule has 0 radical (unpaired) electrons. The number of carbonyl (C=O) groups is 1. The third-order valence-corrected chi connectivity index (χ3v) is 2.10. The van der Waals surface area contributed by atoms with Crippen LogP contribution in [0, 0.1) is 11.3 Å². The first-order valence-electron chi connectivity index (χ1n) is 4.35. The van der Waals surface area contributed by atoms with E-state index in [2.05, 4.69) is 5.32 Å². The monoisotopic (exact) mass is 181 g/mol. The Bertz CT molecular complexity index is 279. The predicted molar refractivity (Wildman–Crippen MR) is 51.4 cm³/mol. The third kappa shape index (κ3) is 2.08. The zero-order valence-electron chi connectivity index (χ0n) is 7.98. The number of hydrogen-bond acceptors (Lipinski definition) is 3. The molecule has 0 saturated carbocycles. The third-order valence-electron chi connectivity index (χ3n) is 2.10. The second-order valence-electron chi connectivity index (χ2n) is 3.53. The van der Waals surface area contributed by atoms with Crippen LogP contribution in [-0.2, 0) is 4.79 Å². The van der Waals surface area contributed by atoms with Gasteiger partial charge in [-0.3, -0.25) is 4.79 Å². The van der Waals surface area contributed by atoms with E-state index in [1.54, 1.807) is 0 Å². The summed E-state index contributed by atoms with van der Waals surface area (Å²) < 4.78 is 0. The molecular formula is C9H15N3O. The summed E-state index contributed by atoms with van der Waals surface area (Å²) >= 11 is 0. The van der Waals surface area contributed by atoms with Crippen LogP contribution in [0.5, 0.6) is 0 Å². The van der Waals surface area contributed by atoms with Gasteiger partial charge in [-0.2, -0.15) is 0 Å². The molecule has 0 aromatic rings. The lowest BCUT2D eigenvalue weighted by atomic mass is 9.95. The zero-order valence-corrected chi connectivity index (χ0v) is 7.98. The summed E-state index contributed by atoms with van der Waals surface area (Å²) in [7, 11) is 0. The lowest BCUT2D eigenvalue weighted by Crippen LogP contribution is -2.36. The van der Waals surface area contributed by atoms with Gasteiger partial charge in [-0.15, -0.1) is 0 Å². The fourth-order valence-corrected chi connectivity index (χ4v) is 1.26. The van der Waals surface area contributed by atoms with Crippen molar-refractivity contribution in [2.45, 2.75) is 20.3 Å². The quantitative estimate of drug-likeness (QED) is 0.539. The standard InChI is InChI=1S/C9H15N3O/c1-5(2)9(11)6-4-12-8(13)3-7(6)10/h5,11H,3-4,10H2,1-2H3,(H,12,13). The summed E-state index contributed by atoms with van der Waals surface area (Å²) in [6.45, 7) is 4.29. The van der Waals surface area contributed by atoms with E-state index in [0.29, 0.717) is 18.0 Å². The molecule has 0 atom stereocenters. The van der Waals surface area contributed by atoms with E-state index in [1.807, 2.05) is 13.8 Å². The van der Waals surface area contributed by atoms with E-state index in [9.17, 15) is 4.79 Å². The maximum atomic E-state index is 10.9. The predicted octanol–water partition coefficient (Wildman–Crippen LogP) is 0.395. The van der Waals surface area contributed by atoms with Crippen LogP contribution in [0.25, 0.3) is 0 Å². The van der Waals surface area contributed by atoms with Gasteiger partial charge in [0.25, 0.3) is 0 Å². The Morgan fingerprint density at radius 2 is 2.23 bits per heavy atom. The average molecular weight is 181 g/mol. The Morgan fingerprint density at radius 3 is 2.69 bits per heavy atom. The second-order valence-corrected chi connectivity index (χ2v) is 3.53. The van der Waals surface area contributed by atoms with Crippen molar-refractivity contribution in [1.82, 2.24) is 5.32 Å². The summed E-state index contributed by atoms with van der Waals surface area (Å²) in [6.07, 6.45) is 0.227. The first-order valence-corrected chi connectivity index (χ1v) is 4.35. The summed E-state index contributed by atoms with van der Waals surface area (Å²) in [5.41, 5.74) is 7.54. The highest BCUT2D eigenvalue weighted by atomic mass is 16.1. The maximum absolute atomic E-state index is 10.9. The highest BCUT2D eigenvalue weighted by Crippen LogP contribution is 2.13. The highest BCUT2D eigenvalue weighted by Gasteiger charge is 2.19. The minimum atomic E-state index is -0.0576. The average Bonchev–Trinajstić information content (AvgIpc) is 2.03. The Kier molecular flexibility index (Phi) is 2.70. The van der Waals surface area contributed by atoms with Crippen LogP contribution in [0.3, 0.4) is 0 Å². The van der Waals surface area contributed by atoms with Crippen LogP contribution in [0.1, 0.15) is 20.3 Å². The molecule has 0 unspecified atom stereocenters. The molecule has 1 heterocycles. The summed E-state index contributed by atoms with van der Waals surface area (Å²) in [4.78, 5) is 10.9. The van der Waals surface area contributed by atoms with Crippen LogP contribution >= 0.6 is 0 Å². The van der Waals surface area contributed by atoms with Crippen molar-refractivity contribution in [3.63, 3.8) is 0 Å². The van der Waals surface area contributed by atoms with Crippen LogP contribution in [-0.4, -0.2) is 18.2 Å². The van der Waals surface area contributed by atoms with Crippen molar-refractivity contribution in [1.29, 1.82) is 5.41 Å². The van der Waals surface area contributed by atoms with Gasteiger partial charge in [0, 0.05) is 23.5 Å². The van der Waals surface area contributed by atoms with Gasteiger partial charge >= 0.3 is 0 Å². The molecule has 4 heteroatoms. The van der Waals surface area contributed by atoms with Crippen molar-refractivity contribution in [3.05, 3.63) is 11.3 Å². The first kappa shape index (κ1) is 9.77. The van der Waals surface area contributed by atoms with E-state index < -0.39 is 0 Å². The Morgan fingerprint density at radius 1 is 1.62 bits per heavy atom. The number of carbonyl (C=O) groups excluding carboxylic acids is 1. The molecule has 1 aliphatic heterocycles. The molecule has 4 N–H and O–H groups in total. The maximum Gasteiger partial charge on any atom is 0.226 e. The van der Waals surface area contributed by atoms with Crippen molar-refractivity contribution >= 4 is 11.6 Å². The molecular weight excluding hydrogens is 166 g/mol. The van der Waals surface area contributed by atoms with Crippen LogP contribution in [0.2, 0.25) is 0 Å². The molecule has 0 aromatic carbocycles. The molecule has 0 aliphatic carbocycles. The fourth-order valence-electron chi connectivity index (χ4n) is 1.26. The summed E-state index contributed by atoms with van der Waals surface area (Å²) in [6, 6.07) is 0. The van der Waals surface area contributed by atoms with Gasteiger partial charge in [0.05, 0.1) is 6.42 Å². The van der Waals surface area contributed by atoms with Gasteiger partial charge in [-0.1, -0.05) is 13.8 Å². The number of amides is 1. The Balaban J connectivity index is 2.85. The van der Waals surface area contributed by atoms with E-state index in [1.165, 1.54) is 0 Å². The number of hydrogen-bond donors (Lipinski definition) is 3. The second kappa shape index (κ2) is 3.60. The zero-order chi connectivity index (χ0) is 10.0. The topological polar surface area (TPSA) is 79.0 Å². The van der Waals surface area contributed by atoms with E-state index in [4.69, 9.17) is 11.1 Å². The lowest BCUT2D eigenvalue weighted by Gasteiger charge is -2.20. The molecule has 0 aromatic heterocycles. The van der Waals surface area contributed by atoms with Gasteiger partial charge in [-0.25, -0.2) is 0 Å². The molecule has 1 amide bonds. The highest BCUT2D eigenvalue weighted by molar-refractivity contribution is 6.02. The van der Waals surface area contributed by atoms with Crippen LogP contribution in [0.15, 0.2) is 11.3 Å². The van der Waals surface area contributed by atoms with Crippen LogP contribution < -0.4 is 11.1 Å². The Labute approximate surface area is 77.7 Å². The van der Waals surface area contributed by atoms with Crippen molar-refractivity contribution in [2.24, 2.45) is 11.7 Å². The molecule has 4 nitrogen and oxygen atoms in total. The van der Waals surface area contributed by atoms with E-state index in [0.717, 1.165) is 5.57 Å². The Hall–Kier alpha value is -1.32. The van der Waals surface area contributed by atoms with Gasteiger partial charge in [-0.05, 0) is 5.92 Å². The van der Waals surface area contributed by atoms with Gasteiger partial charge in [0.1, 0.15) is 0 Å². The van der Waals surface area contributed by atoms with Gasteiger partial charge in [0.15, 0.2) is 0 Å².